The van der Waals surface area contributed by atoms with E-state index in [0.717, 1.165) is 0 Å². The van der Waals surface area contributed by atoms with Gasteiger partial charge in [-0.3, -0.25) is 10.2 Å². The Labute approximate surface area is 223 Å². The molecule has 8 N–H and O–H groups in total. The minimum Gasteiger partial charge on any atom is -0.480 e. The van der Waals surface area contributed by atoms with Gasteiger partial charge in [-0.1, -0.05) is 24.3 Å². The summed E-state index contributed by atoms with van der Waals surface area (Å²) in [6.07, 6.45) is -0.202. The number of nitrogens with two attached hydrogens (primary N) is 1. The number of carboxylic acids is 2. The summed E-state index contributed by atoms with van der Waals surface area (Å²) in [4.78, 5) is 34.9. The number of guanidine groups is 1. The van der Waals surface area contributed by atoms with Gasteiger partial charge in [0.15, 0.2) is 5.96 Å². The Kier molecular flexibility index (Phi) is 9.33. The number of carbonyl (C=O) groups excluding carboxylic acids is 1. The SMILES string of the molecule is N=C(N)Nc1ccc(C(=O)Oc2ccc(CNS(=O)(=O)N[C@@H](Cc3ccc(C(=O)O)cc3)C(=O)O)cc2)cc1. The van der Waals surface area contributed by atoms with Crippen LogP contribution in [0.5, 0.6) is 5.75 Å². The number of rotatable bonds is 12. The van der Waals surface area contributed by atoms with Gasteiger partial charge < -0.3 is 26.0 Å². The van der Waals surface area contributed by atoms with E-state index in [9.17, 15) is 27.9 Å². The number of aliphatic carboxylic acids is 1. The van der Waals surface area contributed by atoms with Crippen LogP contribution >= 0.6 is 0 Å². The topological polar surface area (TPSA) is 221 Å². The number of esters is 1. The molecule has 0 spiro atoms. The van der Waals surface area contributed by atoms with E-state index in [4.69, 9.17) is 21.0 Å². The lowest BCUT2D eigenvalue weighted by Crippen LogP contribution is -2.47. The van der Waals surface area contributed by atoms with Gasteiger partial charge >= 0.3 is 17.9 Å². The minimum atomic E-state index is -4.23. The lowest BCUT2D eigenvalue weighted by Gasteiger charge is -2.16. The van der Waals surface area contributed by atoms with Gasteiger partial charge in [-0.15, -0.1) is 0 Å². The molecule has 1 atom stereocenters. The number of carboxylic acid groups (broad SMARTS) is 2. The van der Waals surface area contributed by atoms with Crippen LogP contribution in [0.15, 0.2) is 72.8 Å². The lowest BCUT2D eigenvalue weighted by atomic mass is 10.0. The quantitative estimate of drug-likeness (QED) is 0.0739. The summed E-state index contributed by atoms with van der Waals surface area (Å²) in [6, 6.07) is 16.1. The molecule has 13 nitrogen and oxygen atoms in total. The number of anilines is 1. The first kappa shape index (κ1) is 28.8. The Balaban J connectivity index is 1.54. The van der Waals surface area contributed by atoms with Gasteiger partial charge in [-0.05, 0) is 66.1 Å². The summed E-state index contributed by atoms with van der Waals surface area (Å²) >= 11 is 0. The molecular formula is C25H25N5O8S. The fourth-order valence-electron chi connectivity index (χ4n) is 3.29. The highest BCUT2D eigenvalue weighted by atomic mass is 32.2. The van der Waals surface area contributed by atoms with Crippen LogP contribution in [0.4, 0.5) is 5.69 Å². The molecule has 0 amide bonds. The average Bonchev–Trinajstić information content (AvgIpc) is 2.88. The Bertz CT molecular complexity index is 1460. The number of hydrogen-bond acceptors (Lipinski definition) is 7. The largest absolute Gasteiger partial charge is 0.480 e. The molecule has 0 aliphatic heterocycles. The summed E-state index contributed by atoms with van der Waals surface area (Å²) < 4.78 is 34.5. The molecule has 0 bridgehead atoms. The molecule has 0 aromatic heterocycles. The van der Waals surface area contributed by atoms with Crippen LogP contribution in [-0.2, 0) is 28.0 Å². The predicted molar refractivity (Wildman–Crippen MR) is 141 cm³/mol. The molecule has 204 valence electrons. The molecule has 0 unspecified atom stereocenters. The van der Waals surface area contributed by atoms with Crippen LogP contribution in [0.3, 0.4) is 0 Å². The molecule has 14 heteroatoms. The third kappa shape index (κ3) is 8.92. The third-order valence-electron chi connectivity index (χ3n) is 5.24. The molecule has 3 rings (SSSR count). The van der Waals surface area contributed by atoms with Gasteiger partial charge in [-0.2, -0.15) is 17.9 Å². The van der Waals surface area contributed by atoms with Gasteiger partial charge in [0.05, 0.1) is 11.1 Å². The van der Waals surface area contributed by atoms with Crippen molar-refractivity contribution >= 4 is 39.8 Å². The molecule has 39 heavy (non-hydrogen) atoms. The highest BCUT2D eigenvalue weighted by molar-refractivity contribution is 7.87. The molecule has 0 saturated carbocycles. The molecule has 0 fully saturated rings. The summed E-state index contributed by atoms with van der Waals surface area (Å²) in [5.41, 5.74) is 7.01. The minimum absolute atomic E-state index is 0.0195. The third-order valence-corrected chi connectivity index (χ3v) is 6.36. The molecule has 0 heterocycles. The van der Waals surface area contributed by atoms with Gasteiger partial charge in [-0.25, -0.2) is 9.59 Å². The fourth-order valence-corrected chi connectivity index (χ4v) is 4.29. The molecule has 0 aliphatic carbocycles. The summed E-state index contributed by atoms with van der Waals surface area (Å²) in [5.74, 6) is -3.19. The maximum atomic E-state index is 12.4. The first-order chi connectivity index (χ1) is 18.4. The van der Waals surface area contributed by atoms with E-state index in [1.54, 1.807) is 12.1 Å². The maximum Gasteiger partial charge on any atom is 0.343 e. The van der Waals surface area contributed by atoms with Gasteiger partial charge in [0.1, 0.15) is 11.8 Å². The van der Waals surface area contributed by atoms with E-state index in [1.165, 1.54) is 60.7 Å². The Morgan fingerprint density at radius 2 is 1.44 bits per heavy atom. The molecule has 3 aromatic rings. The smallest absolute Gasteiger partial charge is 0.343 e. The zero-order chi connectivity index (χ0) is 28.6. The number of ether oxygens (including phenoxy) is 1. The molecule has 0 radical (unpaired) electrons. The van der Waals surface area contributed by atoms with Gasteiger partial charge in [0.2, 0.25) is 0 Å². The van der Waals surface area contributed by atoms with E-state index in [0.29, 0.717) is 16.8 Å². The van der Waals surface area contributed by atoms with Crippen LogP contribution < -0.4 is 25.2 Å². The van der Waals surface area contributed by atoms with Gasteiger partial charge in [0.25, 0.3) is 10.2 Å². The molecule has 0 aliphatic rings. The van der Waals surface area contributed by atoms with Crippen molar-refractivity contribution in [1.82, 2.24) is 9.44 Å². The summed E-state index contributed by atoms with van der Waals surface area (Å²) in [6.45, 7) is -0.173. The molecule has 3 aromatic carbocycles. The second-order valence-corrected chi connectivity index (χ2v) is 9.72. The van der Waals surface area contributed by atoms with E-state index in [1.807, 2.05) is 0 Å². The average molecular weight is 556 g/mol. The van der Waals surface area contributed by atoms with Crippen LogP contribution in [0.25, 0.3) is 0 Å². The van der Waals surface area contributed by atoms with Crippen molar-refractivity contribution in [3.8, 4) is 5.75 Å². The van der Waals surface area contributed by atoms with Crippen molar-refractivity contribution in [3.05, 3.63) is 95.1 Å². The summed E-state index contributed by atoms with van der Waals surface area (Å²) in [7, 11) is -4.23. The first-order valence-corrected chi connectivity index (χ1v) is 12.7. The predicted octanol–water partition coefficient (Wildman–Crippen LogP) is 1.53. The number of aromatic carboxylic acids is 1. The second kappa shape index (κ2) is 12.6. The van der Waals surface area contributed by atoms with E-state index in [2.05, 4.69) is 14.8 Å². The Hall–Kier alpha value is -4.79. The zero-order valence-corrected chi connectivity index (χ0v) is 21.1. The molecule has 0 saturated heterocycles. The highest BCUT2D eigenvalue weighted by Crippen LogP contribution is 2.16. The second-order valence-electron chi connectivity index (χ2n) is 8.19. The first-order valence-electron chi connectivity index (χ1n) is 11.3. The van der Waals surface area contributed by atoms with E-state index >= 15 is 0 Å². The van der Waals surface area contributed by atoms with Crippen molar-refractivity contribution in [1.29, 1.82) is 5.41 Å². The Morgan fingerprint density at radius 1 is 0.872 bits per heavy atom. The normalized spacial score (nSPS) is 11.8. The number of carbonyl (C=O) groups is 3. The van der Waals surface area contributed by atoms with Crippen LogP contribution in [0.2, 0.25) is 0 Å². The Morgan fingerprint density at radius 3 is 1.97 bits per heavy atom. The van der Waals surface area contributed by atoms with Crippen molar-refractivity contribution in [2.45, 2.75) is 19.0 Å². The number of nitrogens with one attached hydrogen (secondary N) is 4. The number of hydrogen-bond donors (Lipinski definition) is 7. The molecular weight excluding hydrogens is 530 g/mol. The van der Waals surface area contributed by atoms with Crippen molar-refractivity contribution in [2.75, 3.05) is 5.32 Å². The highest BCUT2D eigenvalue weighted by Gasteiger charge is 2.24. The van der Waals surface area contributed by atoms with Crippen LogP contribution in [0.1, 0.15) is 31.8 Å². The van der Waals surface area contributed by atoms with Crippen molar-refractivity contribution in [3.63, 3.8) is 0 Å². The zero-order valence-electron chi connectivity index (χ0n) is 20.2. The fraction of sp³-hybridized carbons (Fsp3) is 0.120. The maximum absolute atomic E-state index is 12.4. The van der Waals surface area contributed by atoms with Crippen molar-refractivity contribution in [2.24, 2.45) is 5.73 Å². The lowest BCUT2D eigenvalue weighted by molar-refractivity contribution is -0.138. The van der Waals surface area contributed by atoms with Gasteiger partial charge in [0, 0.05) is 12.2 Å². The standard InChI is InChI=1S/C25H25N5O8S/c26-25(27)29-19-9-7-18(8-10-19)24(35)38-20-11-3-16(4-12-20)14-28-39(36,37)30-21(23(33)34)13-15-1-5-17(6-2-15)22(31)32/h1-12,21,28,30H,13-14H2,(H,31,32)(H,33,34)(H4,26,27,29)/t21-/m0/s1. The van der Waals surface area contributed by atoms with E-state index < -0.39 is 34.2 Å². The summed E-state index contributed by atoms with van der Waals surface area (Å²) in [5, 5.41) is 28.2. The van der Waals surface area contributed by atoms with E-state index in [-0.39, 0.29) is 35.8 Å². The number of benzene rings is 3. The monoisotopic (exact) mass is 555 g/mol. The van der Waals surface area contributed by atoms with Crippen LogP contribution in [0, 0.1) is 5.41 Å². The van der Waals surface area contributed by atoms with Crippen molar-refractivity contribution < 1.29 is 37.8 Å². The van der Waals surface area contributed by atoms with Crippen LogP contribution in [-0.4, -0.2) is 48.5 Å².